The van der Waals surface area contributed by atoms with E-state index in [1.165, 1.54) is 0 Å². The Hall–Kier alpha value is -1.21. The molecule has 1 rings (SSSR count). The second-order valence-corrected chi connectivity index (χ2v) is 5.23. The Morgan fingerprint density at radius 3 is 2.62 bits per heavy atom. The van der Waals surface area contributed by atoms with Gasteiger partial charge in [0.15, 0.2) is 18.1 Å². The topological polar surface area (TPSA) is 82.8 Å². The van der Waals surface area contributed by atoms with Crippen molar-refractivity contribution < 1.29 is 19.0 Å². The number of rotatable bonds is 12. The van der Waals surface area contributed by atoms with E-state index in [4.69, 9.17) is 31.5 Å². The molecule has 0 fully saturated rings. The lowest BCUT2D eigenvalue weighted by Gasteiger charge is -2.15. The zero-order chi connectivity index (χ0) is 17.1. The number of benzene rings is 1. The lowest BCUT2D eigenvalue weighted by molar-refractivity contribution is -0.119. The van der Waals surface area contributed by atoms with E-state index in [-0.39, 0.29) is 19.0 Å². The predicted octanol–water partition coefficient (Wildman–Crippen LogP) is 2.54. The monoisotopic (exact) mass is 380 g/mol. The van der Waals surface area contributed by atoms with Crippen LogP contribution in [0.1, 0.15) is 25.8 Å². The van der Waals surface area contributed by atoms with Gasteiger partial charge in [-0.2, -0.15) is 0 Å². The first-order valence-corrected chi connectivity index (χ1v) is 8.11. The summed E-state index contributed by atoms with van der Waals surface area (Å²) in [6.07, 6.45) is 0.944. The van der Waals surface area contributed by atoms with Crippen molar-refractivity contribution >= 4 is 29.9 Å². The molecule has 0 unspecified atom stereocenters. The van der Waals surface area contributed by atoms with Crippen LogP contribution in [0, 0.1) is 0 Å². The minimum absolute atomic E-state index is 0. The maximum atomic E-state index is 10.9. The maximum Gasteiger partial charge on any atom is 0.255 e. The number of hydrogen-bond donors (Lipinski definition) is 2. The highest BCUT2D eigenvalue weighted by Gasteiger charge is 2.13. The molecular weight excluding hydrogens is 355 g/mol. The lowest BCUT2D eigenvalue weighted by Crippen LogP contribution is -2.20. The number of carbonyl (C=O) groups excluding carboxylic acids is 1. The van der Waals surface area contributed by atoms with E-state index in [0.717, 1.165) is 31.7 Å². The van der Waals surface area contributed by atoms with Gasteiger partial charge < -0.3 is 25.3 Å². The zero-order valence-electron chi connectivity index (χ0n) is 14.1. The van der Waals surface area contributed by atoms with Gasteiger partial charge in [-0.05, 0) is 44.5 Å². The van der Waals surface area contributed by atoms with Crippen LogP contribution in [0.3, 0.4) is 0 Å². The van der Waals surface area contributed by atoms with Crippen LogP contribution in [-0.2, 0) is 16.1 Å². The van der Waals surface area contributed by atoms with Crippen LogP contribution >= 0.6 is 24.0 Å². The van der Waals surface area contributed by atoms with Gasteiger partial charge in [0.25, 0.3) is 5.91 Å². The number of nitrogens with one attached hydrogen (secondary N) is 1. The van der Waals surface area contributed by atoms with Gasteiger partial charge in [-0.3, -0.25) is 4.79 Å². The average molecular weight is 381 g/mol. The smallest absolute Gasteiger partial charge is 0.255 e. The van der Waals surface area contributed by atoms with Crippen LogP contribution in [0.4, 0.5) is 0 Å². The molecule has 1 amide bonds. The van der Waals surface area contributed by atoms with Crippen molar-refractivity contribution in [3.05, 3.63) is 22.7 Å². The van der Waals surface area contributed by atoms with Gasteiger partial charge in [-0.15, -0.1) is 12.4 Å². The zero-order valence-corrected chi connectivity index (χ0v) is 15.7. The number of amides is 1. The van der Waals surface area contributed by atoms with Crippen LogP contribution in [-0.4, -0.2) is 38.9 Å². The molecule has 0 saturated heterocycles. The van der Waals surface area contributed by atoms with Crippen LogP contribution in [0.2, 0.25) is 5.02 Å². The van der Waals surface area contributed by atoms with Gasteiger partial charge >= 0.3 is 0 Å². The fourth-order valence-electron chi connectivity index (χ4n) is 1.95. The minimum atomic E-state index is -0.566. The first-order valence-electron chi connectivity index (χ1n) is 7.73. The molecule has 0 aliphatic heterocycles. The summed E-state index contributed by atoms with van der Waals surface area (Å²) in [7, 11) is 0. The molecule has 0 spiro atoms. The molecule has 6 nitrogen and oxygen atoms in total. The highest BCUT2D eigenvalue weighted by Crippen LogP contribution is 2.36. The van der Waals surface area contributed by atoms with E-state index in [9.17, 15) is 4.79 Å². The average Bonchev–Trinajstić information content (AvgIpc) is 2.50. The Morgan fingerprint density at radius 1 is 1.25 bits per heavy atom. The summed E-state index contributed by atoms with van der Waals surface area (Å²) in [6, 6.07) is 3.64. The Labute approximate surface area is 154 Å². The summed E-state index contributed by atoms with van der Waals surface area (Å²) in [5, 5.41) is 3.71. The number of halogens is 2. The van der Waals surface area contributed by atoms with E-state index in [1.54, 1.807) is 6.07 Å². The molecule has 1 aromatic rings. The Morgan fingerprint density at radius 2 is 2.00 bits per heavy atom. The van der Waals surface area contributed by atoms with Gasteiger partial charge in [0.2, 0.25) is 0 Å². The second kappa shape index (κ2) is 13.1. The Bertz CT molecular complexity index is 501. The summed E-state index contributed by atoms with van der Waals surface area (Å²) in [4.78, 5) is 10.9. The molecule has 138 valence electrons. The first kappa shape index (κ1) is 22.8. The van der Waals surface area contributed by atoms with Crippen molar-refractivity contribution in [2.75, 3.05) is 33.0 Å². The van der Waals surface area contributed by atoms with Crippen molar-refractivity contribution in [2.45, 2.75) is 26.8 Å². The van der Waals surface area contributed by atoms with Crippen LogP contribution in [0.15, 0.2) is 12.1 Å². The van der Waals surface area contributed by atoms with Gasteiger partial charge in [0.05, 0.1) is 11.6 Å². The molecule has 1 aromatic carbocycles. The molecule has 24 heavy (non-hydrogen) atoms. The van der Waals surface area contributed by atoms with Gasteiger partial charge in [0, 0.05) is 19.8 Å². The molecule has 0 aromatic heterocycles. The summed E-state index contributed by atoms with van der Waals surface area (Å²) in [5.41, 5.74) is 6.07. The Balaban J connectivity index is 0.00000529. The third kappa shape index (κ3) is 8.59. The SMILES string of the molecule is CCOCCCNCc1cc(Cl)c(OCC(N)=O)c(OCC)c1.Cl. The molecule has 0 atom stereocenters. The summed E-state index contributed by atoms with van der Waals surface area (Å²) in [6.45, 7) is 7.05. The lowest BCUT2D eigenvalue weighted by atomic mass is 10.2. The molecular formula is C16H26Cl2N2O4. The van der Waals surface area contributed by atoms with Gasteiger partial charge in [0.1, 0.15) is 0 Å². The third-order valence-corrected chi connectivity index (χ3v) is 3.18. The Kier molecular flexibility index (Phi) is 12.5. The molecule has 0 aliphatic carbocycles. The molecule has 0 heterocycles. The van der Waals surface area contributed by atoms with Crippen LogP contribution in [0.25, 0.3) is 0 Å². The molecule has 8 heteroatoms. The second-order valence-electron chi connectivity index (χ2n) is 4.82. The van der Waals surface area contributed by atoms with Crippen molar-refractivity contribution in [1.29, 1.82) is 0 Å². The standard InChI is InChI=1S/C16H25ClN2O4.ClH/c1-3-21-7-5-6-19-10-12-8-13(17)16(23-11-15(18)20)14(9-12)22-4-2;/h8-9,19H,3-7,10-11H2,1-2H3,(H2,18,20);1H. The highest BCUT2D eigenvalue weighted by molar-refractivity contribution is 6.32. The fraction of sp³-hybridized carbons (Fsp3) is 0.562. The van der Waals surface area contributed by atoms with E-state index >= 15 is 0 Å². The van der Waals surface area contributed by atoms with E-state index < -0.39 is 5.91 Å². The number of primary amides is 1. The molecule has 0 saturated carbocycles. The van der Waals surface area contributed by atoms with Gasteiger partial charge in [-0.25, -0.2) is 0 Å². The van der Waals surface area contributed by atoms with E-state index in [0.29, 0.717) is 29.7 Å². The number of carbonyl (C=O) groups is 1. The van der Waals surface area contributed by atoms with Crippen molar-refractivity contribution in [3.8, 4) is 11.5 Å². The summed E-state index contributed by atoms with van der Waals surface area (Å²) < 4.78 is 16.2. The maximum absolute atomic E-state index is 10.9. The fourth-order valence-corrected chi connectivity index (χ4v) is 2.23. The molecule has 0 radical (unpaired) electrons. The van der Waals surface area contributed by atoms with E-state index in [2.05, 4.69) is 5.32 Å². The first-order chi connectivity index (χ1) is 11.1. The van der Waals surface area contributed by atoms with E-state index in [1.807, 2.05) is 19.9 Å². The predicted molar refractivity (Wildman–Crippen MR) is 97.4 cm³/mol. The number of hydrogen-bond acceptors (Lipinski definition) is 5. The molecule has 0 bridgehead atoms. The van der Waals surface area contributed by atoms with Crippen molar-refractivity contribution in [1.82, 2.24) is 5.32 Å². The van der Waals surface area contributed by atoms with Crippen LogP contribution in [0.5, 0.6) is 11.5 Å². The van der Waals surface area contributed by atoms with Gasteiger partial charge in [-0.1, -0.05) is 11.6 Å². The molecule has 3 N–H and O–H groups in total. The van der Waals surface area contributed by atoms with Crippen molar-refractivity contribution in [3.63, 3.8) is 0 Å². The summed E-state index contributed by atoms with van der Waals surface area (Å²) in [5.74, 6) is 0.281. The minimum Gasteiger partial charge on any atom is -0.490 e. The number of nitrogens with two attached hydrogens (primary N) is 1. The largest absolute Gasteiger partial charge is 0.490 e. The normalized spacial score (nSPS) is 10.1. The molecule has 0 aliphatic rings. The van der Waals surface area contributed by atoms with Crippen LogP contribution < -0.4 is 20.5 Å². The highest BCUT2D eigenvalue weighted by atomic mass is 35.5. The van der Waals surface area contributed by atoms with Crippen molar-refractivity contribution in [2.24, 2.45) is 5.73 Å². The summed E-state index contributed by atoms with van der Waals surface area (Å²) >= 11 is 6.23. The quantitative estimate of drug-likeness (QED) is 0.544. The third-order valence-electron chi connectivity index (χ3n) is 2.90. The number of ether oxygens (including phenoxy) is 3.